The molecule has 1 heterocycles. The van der Waals surface area contributed by atoms with E-state index in [1.54, 1.807) is 0 Å². The third-order valence-corrected chi connectivity index (χ3v) is 3.68. The van der Waals surface area contributed by atoms with Crippen LogP contribution in [-0.4, -0.2) is 35.2 Å². The number of allylic oxidation sites excluding steroid dienone is 1. The minimum atomic E-state index is -0.746. The summed E-state index contributed by atoms with van der Waals surface area (Å²) in [5, 5.41) is 9.34. The molecule has 0 spiro atoms. The van der Waals surface area contributed by atoms with Crippen LogP contribution in [0, 0.1) is 11.8 Å². The van der Waals surface area contributed by atoms with E-state index in [0.717, 1.165) is 38.8 Å². The van der Waals surface area contributed by atoms with E-state index in [4.69, 9.17) is 5.73 Å². The van der Waals surface area contributed by atoms with Crippen LogP contribution in [0.3, 0.4) is 0 Å². The van der Waals surface area contributed by atoms with E-state index in [-0.39, 0.29) is 17.7 Å². The summed E-state index contributed by atoms with van der Waals surface area (Å²) < 4.78 is 0. The molecule has 0 aromatic carbocycles. The van der Waals surface area contributed by atoms with Crippen molar-refractivity contribution in [2.24, 2.45) is 17.6 Å². The van der Waals surface area contributed by atoms with Gasteiger partial charge >= 0.3 is 0 Å². The molecule has 0 aliphatic carbocycles. The predicted octanol–water partition coefficient (Wildman–Crippen LogP) is 1.49. The van der Waals surface area contributed by atoms with Gasteiger partial charge in [0.05, 0.1) is 5.92 Å². The number of piperidine rings is 1. The number of aliphatic hydroxyl groups is 1. The fourth-order valence-electron chi connectivity index (χ4n) is 2.54. The number of likely N-dealkylation sites (tertiary alicyclic amines) is 1. The highest BCUT2D eigenvalue weighted by Crippen LogP contribution is 2.21. The Labute approximate surface area is 110 Å². The van der Waals surface area contributed by atoms with Crippen LogP contribution in [0.5, 0.6) is 0 Å². The Bertz CT molecular complexity index is 282. The summed E-state index contributed by atoms with van der Waals surface area (Å²) in [5.74, 6) is 0.375. The molecule has 1 amide bonds. The topological polar surface area (TPSA) is 66.6 Å². The van der Waals surface area contributed by atoms with E-state index in [9.17, 15) is 9.90 Å². The van der Waals surface area contributed by atoms with Crippen LogP contribution >= 0.6 is 0 Å². The monoisotopic (exact) mass is 254 g/mol. The van der Waals surface area contributed by atoms with Gasteiger partial charge in [0.1, 0.15) is 6.23 Å². The van der Waals surface area contributed by atoms with E-state index in [0.29, 0.717) is 0 Å². The minimum Gasteiger partial charge on any atom is -0.379 e. The lowest BCUT2D eigenvalue weighted by molar-refractivity contribution is -0.136. The second kappa shape index (κ2) is 7.54. The second-order valence-corrected chi connectivity index (χ2v) is 5.07. The molecule has 2 unspecified atom stereocenters. The van der Waals surface area contributed by atoms with Crippen LogP contribution in [0.2, 0.25) is 0 Å². The maximum Gasteiger partial charge on any atom is 0.229 e. The van der Waals surface area contributed by atoms with E-state index >= 15 is 0 Å². The maximum atomic E-state index is 12.3. The smallest absolute Gasteiger partial charge is 0.229 e. The summed E-state index contributed by atoms with van der Waals surface area (Å²) in [7, 11) is 0. The van der Waals surface area contributed by atoms with Crippen molar-refractivity contribution in [3.8, 4) is 0 Å². The third-order valence-electron chi connectivity index (χ3n) is 3.68. The minimum absolute atomic E-state index is 0.0133. The second-order valence-electron chi connectivity index (χ2n) is 5.07. The maximum absolute atomic E-state index is 12.3. The highest BCUT2D eigenvalue weighted by atomic mass is 16.3. The number of nitrogens with zero attached hydrogens (tertiary/aromatic N) is 1. The van der Waals surface area contributed by atoms with Gasteiger partial charge in [0.2, 0.25) is 5.91 Å². The van der Waals surface area contributed by atoms with Gasteiger partial charge in [-0.2, -0.15) is 0 Å². The van der Waals surface area contributed by atoms with Gasteiger partial charge in [-0.3, -0.25) is 4.79 Å². The lowest BCUT2D eigenvalue weighted by atomic mass is 9.93. The van der Waals surface area contributed by atoms with Crippen LogP contribution in [0.1, 0.15) is 39.5 Å². The standard InChI is InChI=1S/C14H26N2O2/c1-3-5-12(6-4-2)14(18)16-9-7-11(8-10-16)13(15)17/h3,5,11-13,17H,4,6-10,15H2,1-2H3. The summed E-state index contributed by atoms with van der Waals surface area (Å²) in [6.07, 6.45) is 6.73. The van der Waals surface area contributed by atoms with Crippen molar-refractivity contribution in [1.29, 1.82) is 0 Å². The number of hydrogen-bond acceptors (Lipinski definition) is 3. The molecule has 0 saturated carbocycles. The van der Waals surface area contributed by atoms with Crippen molar-refractivity contribution < 1.29 is 9.90 Å². The zero-order chi connectivity index (χ0) is 13.5. The fourth-order valence-corrected chi connectivity index (χ4v) is 2.54. The Hall–Kier alpha value is -0.870. The highest BCUT2D eigenvalue weighted by molar-refractivity contribution is 5.80. The zero-order valence-corrected chi connectivity index (χ0v) is 11.5. The number of amides is 1. The SMILES string of the molecule is CC=CC(CCC)C(=O)N1CCC(C(N)O)CC1. The Morgan fingerprint density at radius 3 is 2.56 bits per heavy atom. The molecule has 1 rings (SSSR count). The average molecular weight is 254 g/mol. The van der Waals surface area contributed by atoms with E-state index in [1.807, 2.05) is 24.0 Å². The van der Waals surface area contributed by atoms with Crippen LogP contribution in [-0.2, 0) is 4.79 Å². The number of carbonyl (C=O) groups excluding carboxylic acids is 1. The summed E-state index contributed by atoms with van der Waals surface area (Å²) in [4.78, 5) is 14.3. The van der Waals surface area contributed by atoms with Crippen molar-refractivity contribution in [1.82, 2.24) is 4.90 Å². The lowest BCUT2D eigenvalue weighted by Gasteiger charge is -2.34. The molecule has 3 N–H and O–H groups in total. The molecule has 2 atom stereocenters. The van der Waals surface area contributed by atoms with Crippen molar-refractivity contribution in [2.45, 2.75) is 45.8 Å². The van der Waals surface area contributed by atoms with Gasteiger partial charge in [-0.15, -0.1) is 0 Å². The van der Waals surface area contributed by atoms with Crippen LogP contribution in [0.15, 0.2) is 12.2 Å². The summed E-state index contributed by atoms with van der Waals surface area (Å²) in [6.45, 7) is 5.48. The molecule has 1 fully saturated rings. The predicted molar refractivity (Wildman–Crippen MR) is 72.7 cm³/mol. The number of aliphatic hydroxyl groups excluding tert-OH is 1. The van der Waals surface area contributed by atoms with E-state index in [2.05, 4.69) is 6.92 Å². The molecule has 104 valence electrons. The Kier molecular flexibility index (Phi) is 6.36. The van der Waals surface area contributed by atoms with Crippen molar-refractivity contribution >= 4 is 5.91 Å². The first-order valence-electron chi connectivity index (χ1n) is 6.95. The zero-order valence-electron chi connectivity index (χ0n) is 11.5. The van der Waals surface area contributed by atoms with Crippen LogP contribution < -0.4 is 5.73 Å². The first-order chi connectivity index (χ1) is 8.60. The van der Waals surface area contributed by atoms with Crippen molar-refractivity contribution in [3.63, 3.8) is 0 Å². The Morgan fingerprint density at radius 2 is 2.11 bits per heavy atom. The lowest BCUT2D eigenvalue weighted by Crippen LogP contribution is -2.45. The van der Waals surface area contributed by atoms with E-state index < -0.39 is 6.23 Å². The summed E-state index contributed by atoms with van der Waals surface area (Å²) in [6, 6.07) is 0. The molecule has 4 heteroatoms. The van der Waals surface area contributed by atoms with Gasteiger partial charge < -0.3 is 15.7 Å². The quantitative estimate of drug-likeness (QED) is 0.577. The molecule has 1 saturated heterocycles. The van der Waals surface area contributed by atoms with Crippen LogP contribution in [0.25, 0.3) is 0 Å². The van der Waals surface area contributed by atoms with Gasteiger partial charge in [-0.1, -0.05) is 25.5 Å². The molecule has 0 radical (unpaired) electrons. The normalized spacial score (nSPS) is 21.2. The molecular formula is C14H26N2O2. The molecule has 0 aromatic rings. The van der Waals surface area contributed by atoms with Gasteiger partial charge in [-0.05, 0) is 26.2 Å². The molecule has 1 aliphatic rings. The molecule has 4 nitrogen and oxygen atoms in total. The van der Waals surface area contributed by atoms with Gasteiger partial charge in [-0.25, -0.2) is 0 Å². The molecule has 0 aromatic heterocycles. The third kappa shape index (κ3) is 4.10. The van der Waals surface area contributed by atoms with Gasteiger partial charge in [0, 0.05) is 19.0 Å². The van der Waals surface area contributed by atoms with Gasteiger partial charge in [0.15, 0.2) is 0 Å². The molecule has 18 heavy (non-hydrogen) atoms. The highest BCUT2D eigenvalue weighted by Gasteiger charge is 2.28. The summed E-state index contributed by atoms with van der Waals surface area (Å²) in [5.41, 5.74) is 5.48. The number of hydrogen-bond donors (Lipinski definition) is 2. The summed E-state index contributed by atoms with van der Waals surface area (Å²) >= 11 is 0. The Balaban J connectivity index is 2.52. The van der Waals surface area contributed by atoms with Gasteiger partial charge in [0.25, 0.3) is 0 Å². The van der Waals surface area contributed by atoms with Crippen molar-refractivity contribution in [2.75, 3.05) is 13.1 Å². The molecule has 0 bridgehead atoms. The number of rotatable bonds is 5. The molecular weight excluding hydrogens is 228 g/mol. The first-order valence-corrected chi connectivity index (χ1v) is 6.95. The number of nitrogens with two attached hydrogens (primary N) is 1. The largest absolute Gasteiger partial charge is 0.379 e. The van der Waals surface area contributed by atoms with E-state index in [1.165, 1.54) is 0 Å². The Morgan fingerprint density at radius 1 is 1.50 bits per heavy atom. The molecule has 1 aliphatic heterocycles. The van der Waals surface area contributed by atoms with Crippen molar-refractivity contribution in [3.05, 3.63) is 12.2 Å². The first kappa shape index (κ1) is 15.2. The van der Waals surface area contributed by atoms with Crippen LogP contribution in [0.4, 0.5) is 0 Å². The number of carbonyl (C=O) groups is 1. The fraction of sp³-hybridized carbons (Fsp3) is 0.786. The average Bonchev–Trinajstić information content (AvgIpc) is 2.38.